The third-order valence-electron chi connectivity index (χ3n) is 3.26. The van der Waals surface area contributed by atoms with Gasteiger partial charge in [0.15, 0.2) is 0 Å². The minimum atomic E-state index is -0.0703. The number of aromatic nitrogens is 1. The van der Waals surface area contributed by atoms with Crippen molar-refractivity contribution in [1.29, 1.82) is 0 Å². The molecule has 0 amide bonds. The van der Waals surface area contributed by atoms with E-state index in [2.05, 4.69) is 24.1 Å². The normalized spacial score (nSPS) is 11.5. The molecule has 16 heavy (non-hydrogen) atoms. The van der Waals surface area contributed by atoms with Crippen molar-refractivity contribution in [2.75, 3.05) is 18.5 Å². The minimum Gasteiger partial charge on any atom is -0.396 e. The summed E-state index contributed by atoms with van der Waals surface area (Å²) in [6.45, 7) is 5.07. The highest BCUT2D eigenvalue weighted by molar-refractivity contribution is 6.33. The van der Waals surface area contributed by atoms with Crippen LogP contribution in [0.4, 0.5) is 5.69 Å². The molecule has 0 aliphatic heterocycles. The molecule has 0 radical (unpaired) electrons. The lowest BCUT2D eigenvalue weighted by Crippen LogP contribution is -2.32. The lowest BCUT2D eigenvalue weighted by Gasteiger charge is -2.30. The van der Waals surface area contributed by atoms with Crippen molar-refractivity contribution in [1.82, 2.24) is 4.98 Å². The molecule has 0 atom stereocenters. The maximum absolute atomic E-state index is 9.44. The second-order valence-electron chi connectivity index (χ2n) is 4.07. The van der Waals surface area contributed by atoms with Gasteiger partial charge in [-0.3, -0.25) is 4.98 Å². The molecule has 0 aromatic carbocycles. The molecule has 0 aliphatic rings. The second kappa shape index (κ2) is 6.06. The summed E-state index contributed by atoms with van der Waals surface area (Å²) in [6, 6.07) is 1.75. The zero-order chi connectivity index (χ0) is 12.0. The Morgan fingerprint density at radius 2 is 2.12 bits per heavy atom. The predicted octanol–water partition coefficient (Wildman–Crippen LogP) is 2.95. The summed E-state index contributed by atoms with van der Waals surface area (Å²) in [7, 11) is 0. The summed E-state index contributed by atoms with van der Waals surface area (Å²) in [5.74, 6) is 0. The molecule has 0 saturated heterocycles. The summed E-state index contributed by atoms with van der Waals surface area (Å²) in [6.07, 6.45) is 5.23. The first-order chi connectivity index (χ1) is 7.67. The predicted molar refractivity (Wildman–Crippen MR) is 67.8 cm³/mol. The molecule has 90 valence electrons. The van der Waals surface area contributed by atoms with E-state index in [4.69, 9.17) is 11.6 Å². The van der Waals surface area contributed by atoms with Crippen LogP contribution in [0.3, 0.4) is 0 Å². The van der Waals surface area contributed by atoms with E-state index >= 15 is 0 Å². The van der Waals surface area contributed by atoms with E-state index in [1.165, 1.54) is 0 Å². The van der Waals surface area contributed by atoms with Crippen molar-refractivity contribution < 1.29 is 5.11 Å². The Hall–Kier alpha value is -0.800. The van der Waals surface area contributed by atoms with Crippen LogP contribution in [0, 0.1) is 5.41 Å². The monoisotopic (exact) mass is 242 g/mol. The van der Waals surface area contributed by atoms with Gasteiger partial charge in [0.25, 0.3) is 0 Å². The van der Waals surface area contributed by atoms with Crippen LogP contribution in [0.2, 0.25) is 5.02 Å². The number of hydrogen-bond acceptors (Lipinski definition) is 3. The van der Waals surface area contributed by atoms with Crippen LogP contribution in [0.25, 0.3) is 0 Å². The number of nitrogens with zero attached hydrogens (tertiary/aromatic N) is 1. The molecule has 1 aromatic rings. The minimum absolute atomic E-state index is 0.0703. The van der Waals surface area contributed by atoms with Crippen molar-refractivity contribution in [3.63, 3.8) is 0 Å². The highest BCUT2D eigenvalue weighted by Gasteiger charge is 2.25. The number of nitrogens with one attached hydrogen (secondary N) is 1. The van der Waals surface area contributed by atoms with E-state index in [0.29, 0.717) is 11.6 Å². The van der Waals surface area contributed by atoms with Crippen LogP contribution >= 0.6 is 11.6 Å². The van der Waals surface area contributed by atoms with Crippen LogP contribution in [0.15, 0.2) is 18.5 Å². The van der Waals surface area contributed by atoms with Crippen LogP contribution in [0.1, 0.15) is 26.7 Å². The molecule has 0 bridgehead atoms. The van der Waals surface area contributed by atoms with Crippen LogP contribution in [-0.2, 0) is 0 Å². The number of halogens is 1. The smallest absolute Gasteiger partial charge is 0.0716 e. The van der Waals surface area contributed by atoms with Gasteiger partial charge in [0.05, 0.1) is 23.5 Å². The third-order valence-corrected chi connectivity index (χ3v) is 3.59. The van der Waals surface area contributed by atoms with Gasteiger partial charge in [0.1, 0.15) is 0 Å². The van der Waals surface area contributed by atoms with Gasteiger partial charge in [0, 0.05) is 18.2 Å². The SMILES string of the molecule is CCC(CC)(CO)CNc1cnccc1Cl. The van der Waals surface area contributed by atoms with Crippen molar-refractivity contribution in [3.05, 3.63) is 23.5 Å². The fourth-order valence-corrected chi connectivity index (χ4v) is 1.74. The molecule has 2 N–H and O–H groups in total. The molecule has 3 nitrogen and oxygen atoms in total. The lowest BCUT2D eigenvalue weighted by atomic mass is 9.83. The molecule has 0 aliphatic carbocycles. The average Bonchev–Trinajstić information content (AvgIpc) is 2.34. The van der Waals surface area contributed by atoms with Crippen molar-refractivity contribution in [3.8, 4) is 0 Å². The quantitative estimate of drug-likeness (QED) is 0.806. The number of anilines is 1. The van der Waals surface area contributed by atoms with Gasteiger partial charge in [-0.15, -0.1) is 0 Å². The Balaban J connectivity index is 2.66. The average molecular weight is 243 g/mol. The van der Waals surface area contributed by atoms with E-state index in [0.717, 1.165) is 18.5 Å². The second-order valence-corrected chi connectivity index (χ2v) is 4.48. The van der Waals surface area contributed by atoms with Gasteiger partial charge >= 0.3 is 0 Å². The molecule has 4 heteroatoms. The summed E-state index contributed by atoms with van der Waals surface area (Å²) in [4.78, 5) is 4.01. The third kappa shape index (κ3) is 3.09. The van der Waals surface area contributed by atoms with Gasteiger partial charge in [-0.1, -0.05) is 25.4 Å². The van der Waals surface area contributed by atoms with Crippen molar-refractivity contribution in [2.24, 2.45) is 5.41 Å². The van der Waals surface area contributed by atoms with Crippen LogP contribution < -0.4 is 5.32 Å². The van der Waals surface area contributed by atoms with E-state index in [-0.39, 0.29) is 12.0 Å². The fourth-order valence-electron chi connectivity index (χ4n) is 1.57. The number of rotatable bonds is 6. The Morgan fingerprint density at radius 3 is 2.62 bits per heavy atom. The summed E-state index contributed by atoms with van der Waals surface area (Å²) < 4.78 is 0. The maximum atomic E-state index is 9.44. The first-order valence-electron chi connectivity index (χ1n) is 5.61. The molecule has 1 heterocycles. The van der Waals surface area contributed by atoms with Gasteiger partial charge in [0.2, 0.25) is 0 Å². The molecular formula is C12H19ClN2O. The molecule has 1 rings (SSSR count). The topological polar surface area (TPSA) is 45.1 Å². The molecular weight excluding hydrogens is 224 g/mol. The maximum Gasteiger partial charge on any atom is 0.0716 e. The van der Waals surface area contributed by atoms with Gasteiger partial charge in [-0.25, -0.2) is 0 Å². The van der Waals surface area contributed by atoms with Crippen molar-refractivity contribution in [2.45, 2.75) is 26.7 Å². The largest absolute Gasteiger partial charge is 0.396 e. The molecule has 0 unspecified atom stereocenters. The Kier molecular flexibility index (Phi) is 5.03. The van der Waals surface area contributed by atoms with Crippen LogP contribution in [0.5, 0.6) is 0 Å². The van der Waals surface area contributed by atoms with Gasteiger partial charge in [-0.05, 0) is 18.9 Å². The van der Waals surface area contributed by atoms with E-state index in [1.54, 1.807) is 18.5 Å². The molecule has 0 saturated carbocycles. The summed E-state index contributed by atoms with van der Waals surface area (Å²) in [5.41, 5.74) is 0.753. The Labute approximate surface area is 102 Å². The first kappa shape index (κ1) is 13.3. The number of pyridine rings is 1. The highest BCUT2D eigenvalue weighted by Crippen LogP contribution is 2.27. The molecule has 1 aromatic heterocycles. The Bertz CT molecular complexity index is 318. The van der Waals surface area contributed by atoms with Crippen molar-refractivity contribution >= 4 is 17.3 Å². The number of aliphatic hydroxyl groups excluding tert-OH is 1. The van der Waals surface area contributed by atoms with Crippen LogP contribution in [-0.4, -0.2) is 23.2 Å². The molecule has 0 fully saturated rings. The van der Waals surface area contributed by atoms with E-state index < -0.39 is 0 Å². The zero-order valence-electron chi connectivity index (χ0n) is 9.83. The number of hydrogen-bond donors (Lipinski definition) is 2. The summed E-state index contributed by atoms with van der Waals surface area (Å²) in [5, 5.41) is 13.3. The highest BCUT2D eigenvalue weighted by atomic mass is 35.5. The zero-order valence-corrected chi connectivity index (χ0v) is 10.6. The Morgan fingerprint density at radius 1 is 1.44 bits per heavy atom. The van der Waals surface area contributed by atoms with Gasteiger partial charge in [-0.2, -0.15) is 0 Å². The lowest BCUT2D eigenvalue weighted by molar-refractivity contribution is 0.127. The standard InChI is InChI=1S/C12H19ClN2O/c1-3-12(4-2,9-16)8-15-11-7-14-6-5-10(11)13/h5-7,15-16H,3-4,8-9H2,1-2H3. The fraction of sp³-hybridized carbons (Fsp3) is 0.583. The summed E-state index contributed by atoms with van der Waals surface area (Å²) >= 11 is 6.02. The molecule has 0 spiro atoms. The van der Waals surface area contributed by atoms with Gasteiger partial charge < -0.3 is 10.4 Å². The first-order valence-corrected chi connectivity index (χ1v) is 5.99. The number of aliphatic hydroxyl groups is 1. The van der Waals surface area contributed by atoms with E-state index in [1.807, 2.05) is 0 Å². The van der Waals surface area contributed by atoms with E-state index in [9.17, 15) is 5.11 Å².